The number of rotatable bonds is 3. The van der Waals surface area contributed by atoms with Crippen LogP contribution < -0.4 is 15.8 Å². The van der Waals surface area contributed by atoms with Crippen LogP contribution in [0, 0.1) is 11.6 Å². The highest BCUT2D eigenvalue weighted by Crippen LogP contribution is 2.28. The number of anilines is 2. The van der Waals surface area contributed by atoms with Crippen LogP contribution in [0.5, 0.6) is 0 Å². The lowest BCUT2D eigenvalue weighted by atomic mass is 10.2. The van der Waals surface area contributed by atoms with Crippen LogP contribution in [0.4, 0.5) is 20.4 Å². The minimum absolute atomic E-state index is 0.0321. The van der Waals surface area contributed by atoms with E-state index in [2.05, 4.69) is 15.3 Å². The highest BCUT2D eigenvalue weighted by molar-refractivity contribution is 5.96. The van der Waals surface area contributed by atoms with Crippen molar-refractivity contribution in [1.29, 1.82) is 0 Å². The number of nitrogens with zero attached hydrogens (tertiary/aromatic N) is 2. The molecule has 1 amide bonds. The van der Waals surface area contributed by atoms with E-state index in [-0.39, 0.29) is 30.2 Å². The number of carbonyl (C=O) groups is 1. The van der Waals surface area contributed by atoms with Crippen LogP contribution in [0.25, 0.3) is 10.9 Å². The zero-order chi connectivity index (χ0) is 18.3. The molecule has 0 aliphatic carbocycles. The Kier molecular flexibility index (Phi) is 3.87. The molecule has 8 heteroatoms. The maximum Gasteiger partial charge on any atom is 0.260 e. The van der Waals surface area contributed by atoms with Crippen LogP contribution in [-0.2, 0) is 4.79 Å². The largest absolute Gasteiger partial charge is 0.351 e. The summed E-state index contributed by atoms with van der Waals surface area (Å²) in [5, 5.41) is 3.42. The Labute approximate surface area is 146 Å². The molecule has 26 heavy (non-hydrogen) atoms. The summed E-state index contributed by atoms with van der Waals surface area (Å²) in [6.07, 6.45) is 0.0321. The fraction of sp³-hybridized carbons (Fsp3) is 0.167. The van der Waals surface area contributed by atoms with Gasteiger partial charge in [0.15, 0.2) is 0 Å². The summed E-state index contributed by atoms with van der Waals surface area (Å²) < 4.78 is 27.9. The van der Waals surface area contributed by atoms with Crippen molar-refractivity contribution in [2.45, 2.75) is 12.5 Å². The second-order valence-corrected chi connectivity index (χ2v) is 6.05. The Balaban J connectivity index is 1.59. The van der Waals surface area contributed by atoms with E-state index >= 15 is 0 Å². The first-order valence-electron chi connectivity index (χ1n) is 8.03. The van der Waals surface area contributed by atoms with E-state index in [1.54, 1.807) is 24.3 Å². The lowest BCUT2D eigenvalue weighted by molar-refractivity contribution is -0.117. The van der Waals surface area contributed by atoms with Gasteiger partial charge in [0.1, 0.15) is 17.3 Å². The number of nitrogens with one attached hydrogen (secondary N) is 2. The zero-order valence-electron chi connectivity index (χ0n) is 13.5. The number of hydrogen-bond acceptors (Lipinski definition) is 4. The Morgan fingerprint density at radius 2 is 1.81 bits per heavy atom. The number of benzene rings is 2. The van der Waals surface area contributed by atoms with Crippen LogP contribution >= 0.6 is 0 Å². The minimum Gasteiger partial charge on any atom is -0.351 e. The van der Waals surface area contributed by atoms with Gasteiger partial charge < -0.3 is 10.2 Å². The first-order valence-corrected chi connectivity index (χ1v) is 8.03. The van der Waals surface area contributed by atoms with Gasteiger partial charge in [-0.2, -0.15) is 0 Å². The maximum atomic E-state index is 13.9. The quantitative estimate of drug-likeness (QED) is 0.756. The van der Waals surface area contributed by atoms with Crippen molar-refractivity contribution in [2.75, 3.05) is 16.8 Å². The molecule has 1 atom stereocenters. The van der Waals surface area contributed by atoms with E-state index < -0.39 is 23.6 Å². The van der Waals surface area contributed by atoms with Crippen LogP contribution in [0.3, 0.4) is 0 Å². The molecular weight excluding hydrogens is 342 g/mol. The van der Waals surface area contributed by atoms with Gasteiger partial charge in [-0.3, -0.25) is 14.6 Å². The van der Waals surface area contributed by atoms with Gasteiger partial charge in [-0.05, 0) is 24.3 Å². The number of hydrogen-bond donors (Lipinski definition) is 2. The number of halogens is 2. The van der Waals surface area contributed by atoms with Crippen molar-refractivity contribution in [3.05, 3.63) is 64.5 Å². The molecule has 3 aromatic rings. The predicted octanol–water partition coefficient (Wildman–Crippen LogP) is 2.42. The number of fused-ring (bicyclic) bond motifs is 1. The third kappa shape index (κ3) is 2.79. The van der Waals surface area contributed by atoms with Crippen molar-refractivity contribution in [3.8, 4) is 0 Å². The maximum absolute atomic E-state index is 13.9. The molecule has 2 aromatic carbocycles. The molecule has 2 heterocycles. The van der Waals surface area contributed by atoms with Gasteiger partial charge in [0.2, 0.25) is 11.9 Å². The van der Waals surface area contributed by atoms with E-state index in [9.17, 15) is 18.4 Å². The molecule has 0 radical (unpaired) electrons. The molecule has 4 rings (SSSR count). The fourth-order valence-electron chi connectivity index (χ4n) is 3.12. The zero-order valence-corrected chi connectivity index (χ0v) is 13.5. The van der Waals surface area contributed by atoms with Gasteiger partial charge in [-0.1, -0.05) is 18.2 Å². The number of aromatic amines is 1. The first-order chi connectivity index (χ1) is 12.5. The topological polar surface area (TPSA) is 78.1 Å². The minimum atomic E-state index is -0.795. The van der Waals surface area contributed by atoms with Gasteiger partial charge in [0.05, 0.1) is 16.9 Å². The standard InChI is InChI=1S/C18H14F2N4O2/c19-12-5-3-6-13(20)16(12)24-9-10(8-15(24)25)21-18-22-14-7-2-1-4-11(14)17(26)23-18/h1-7,10H,8-9H2,(H2,21,22,23,26). The fourth-order valence-corrected chi connectivity index (χ4v) is 3.12. The molecule has 2 N–H and O–H groups in total. The Bertz CT molecular complexity index is 1050. The van der Waals surface area contributed by atoms with Crippen molar-refractivity contribution >= 4 is 28.4 Å². The van der Waals surface area contributed by atoms with Crippen molar-refractivity contribution in [3.63, 3.8) is 0 Å². The Morgan fingerprint density at radius 3 is 2.58 bits per heavy atom. The van der Waals surface area contributed by atoms with Gasteiger partial charge in [0.25, 0.3) is 5.56 Å². The summed E-state index contributed by atoms with van der Waals surface area (Å²) in [7, 11) is 0. The molecule has 1 saturated heterocycles. The van der Waals surface area contributed by atoms with Crippen molar-refractivity contribution < 1.29 is 13.6 Å². The van der Waals surface area contributed by atoms with Crippen LogP contribution in [-0.4, -0.2) is 28.5 Å². The number of H-pyrrole nitrogens is 1. The predicted molar refractivity (Wildman–Crippen MR) is 93.1 cm³/mol. The average molecular weight is 356 g/mol. The average Bonchev–Trinajstić information content (AvgIpc) is 2.95. The van der Waals surface area contributed by atoms with E-state index in [1.807, 2.05) is 0 Å². The van der Waals surface area contributed by atoms with E-state index in [0.29, 0.717) is 10.9 Å². The number of carbonyl (C=O) groups excluding carboxylic acids is 1. The van der Waals surface area contributed by atoms with Crippen molar-refractivity contribution in [2.24, 2.45) is 0 Å². The lowest BCUT2D eigenvalue weighted by Gasteiger charge is -2.18. The second-order valence-electron chi connectivity index (χ2n) is 6.05. The highest BCUT2D eigenvalue weighted by atomic mass is 19.1. The SMILES string of the molecule is O=C1CC(Nc2nc3ccccc3c(=O)[nH]2)CN1c1c(F)cccc1F. The molecule has 132 valence electrons. The summed E-state index contributed by atoms with van der Waals surface area (Å²) in [6, 6.07) is 9.88. The lowest BCUT2D eigenvalue weighted by Crippen LogP contribution is -2.30. The third-order valence-electron chi connectivity index (χ3n) is 4.29. The molecule has 1 aliphatic heterocycles. The molecule has 0 bridgehead atoms. The summed E-state index contributed by atoms with van der Waals surface area (Å²) in [4.78, 5) is 32.3. The van der Waals surface area contributed by atoms with Gasteiger partial charge in [-0.15, -0.1) is 0 Å². The Hall–Kier alpha value is -3.29. The number of para-hydroxylation sites is 2. The molecule has 1 aliphatic rings. The normalized spacial score (nSPS) is 17.1. The highest BCUT2D eigenvalue weighted by Gasteiger charge is 2.34. The Morgan fingerprint density at radius 1 is 1.08 bits per heavy atom. The van der Waals surface area contributed by atoms with Gasteiger partial charge in [0, 0.05) is 13.0 Å². The van der Waals surface area contributed by atoms with Crippen LogP contribution in [0.1, 0.15) is 6.42 Å². The summed E-state index contributed by atoms with van der Waals surface area (Å²) in [6.45, 7) is 0.0627. The molecule has 0 spiro atoms. The molecular formula is C18H14F2N4O2. The molecule has 0 saturated carbocycles. The summed E-state index contributed by atoms with van der Waals surface area (Å²) in [5.41, 5.74) is -0.152. The van der Waals surface area contributed by atoms with Crippen molar-refractivity contribution in [1.82, 2.24) is 9.97 Å². The van der Waals surface area contributed by atoms with E-state index in [1.165, 1.54) is 6.07 Å². The van der Waals surface area contributed by atoms with Gasteiger partial charge >= 0.3 is 0 Å². The van der Waals surface area contributed by atoms with E-state index in [0.717, 1.165) is 17.0 Å². The molecule has 1 unspecified atom stereocenters. The van der Waals surface area contributed by atoms with Crippen LogP contribution in [0.15, 0.2) is 47.3 Å². The summed E-state index contributed by atoms with van der Waals surface area (Å²) in [5.74, 6) is -1.79. The van der Waals surface area contributed by atoms with E-state index in [4.69, 9.17) is 0 Å². The third-order valence-corrected chi connectivity index (χ3v) is 4.29. The first kappa shape index (κ1) is 16.2. The number of amides is 1. The molecule has 1 fully saturated rings. The van der Waals surface area contributed by atoms with Gasteiger partial charge in [-0.25, -0.2) is 13.8 Å². The molecule has 6 nitrogen and oxygen atoms in total. The number of aromatic nitrogens is 2. The smallest absolute Gasteiger partial charge is 0.260 e. The molecule has 1 aromatic heterocycles. The second kappa shape index (κ2) is 6.21. The van der Waals surface area contributed by atoms with Crippen LogP contribution in [0.2, 0.25) is 0 Å². The monoisotopic (exact) mass is 356 g/mol. The summed E-state index contributed by atoms with van der Waals surface area (Å²) >= 11 is 0.